The second-order valence-corrected chi connectivity index (χ2v) is 5.82. The maximum absolute atomic E-state index is 6.07. The molecule has 25 heavy (non-hydrogen) atoms. The van der Waals surface area contributed by atoms with E-state index in [2.05, 4.69) is 28.5 Å². The Morgan fingerprint density at radius 1 is 1.20 bits per heavy atom. The molecule has 1 aliphatic rings. The summed E-state index contributed by atoms with van der Waals surface area (Å²) in [7, 11) is 1.69. The minimum absolute atomic E-state index is 0. The molecule has 2 aromatic carbocycles. The van der Waals surface area contributed by atoms with Gasteiger partial charge in [-0.1, -0.05) is 42.5 Å². The summed E-state index contributed by atoms with van der Waals surface area (Å²) < 4.78 is 10.8. The molecular formula is C19H24IN3O2. The van der Waals surface area contributed by atoms with Gasteiger partial charge in [-0.15, -0.1) is 24.0 Å². The summed E-state index contributed by atoms with van der Waals surface area (Å²) in [6, 6.07) is 16.4. The van der Waals surface area contributed by atoms with Crippen molar-refractivity contribution in [2.24, 2.45) is 10.7 Å². The lowest BCUT2D eigenvalue weighted by atomic mass is 10.0. The second-order valence-electron chi connectivity index (χ2n) is 5.82. The van der Waals surface area contributed by atoms with Gasteiger partial charge in [0.1, 0.15) is 5.75 Å². The van der Waals surface area contributed by atoms with Crippen molar-refractivity contribution in [1.82, 2.24) is 5.32 Å². The fourth-order valence-electron chi connectivity index (χ4n) is 2.80. The van der Waals surface area contributed by atoms with E-state index in [4.69, 9.17) is 15.2 Å². The molecule has 5 nitrogen and oxygen atoms in total. The molecule has 6 heteroatoms. The van der Waals surface area contributed by atoms with E-state index in [1.54, 1.807) is 7.11 Å². The van der Waals surface area contributed by atoms with Crippen LogP contribution in [-0.4, -0.2) is 19.7 Å². The molecule has 0 amide bonds. The lowest BCUT2D eigenvalue weighted by Crippen LogP contribution is -2.37. The molecule has 3 rings (SSSR count). The molecule has 0 fully saturated rings. The van der Waals surface area contributed by atoms with E-state index in [9.17, 15) is 0 Å². The second kappa shape index (κ2) is 9.62. The number of ether oxygens (including phenoxy) is 2. The highest BCUT2D eigenvalue weighted by molar-refractivity contribution is 14.0. The first-order valence-electron chi connectivity index (χ1n) is 8.11. The lowest BCUT2D eigenvalue weighted by Gasteiger charge is -2.26. The molecule has 0 aliphatic carbocycles. The molecule has 2 aromatic rings. The Hall–Kier alpha value is -1.80. The van der Waals surface area contributed by atoms with Gasteiger partial charge in [-0.3, -0.25) is 0 Å². The van der Waals surface area contributed by atoms with E-state index in [0.29, 0.717) is 25.7 Å². The van der Waals surface area contributed by atoms with E-state index in [-0.39, 0.29) is 30.0 Å². The molecule has 0 aromatic heterocycles. The third kappa shape index (κ3) is 5.34. The SMILES string of the molecule is COCc1ccc(CN=C(N)NC2CCOc3ccccc32)cc1.I. The highest BCUT2D eigenvalue weighted by atomic mass is 127. The number of nitrogens with zero attached hydrogens (tertiary/aromatic N) is 1. The van der Waals surface area contributed by atoms with Crippen molar-refractivity contribution in [3.8, 4) is 5.75 Å². The summed E-state index contributed by atoms with van der Waals surface area (Å²) in [5, 5.41) is 3.30. The first-order valence-corrected chi connectivity index (χ1v) is 8.11. The van der Waals surface area contributed by atoms with E-state index in [1.165, 1.54) is 0 Å². The van der Waals surface area contributed by atoms with Crippen LogP contribution in [0.25, 0.3) is 0 Å². The van der Waals surface area contributed by atoms with Crippen molar-refractivity contribution < 1.29 is 9.47 Å². The van der Waals surface area contributed by atoms with Gasteiger partial charge < -0.3 is 20.5 Å². The Labute approximate surface area is 165 Å². The molecule has 0 bridgehead atoms. The van der Waals surface area contributed by atoms with Crippen LogP contribution in [0.2, 0.25) is 0 Å². The van der Waals surface area contributed by atoms with Gasteiger partial charge in [0, 0.05) is 19.1 Å². The van der Waals surface area contributed by atoms with Gasteiger partial charge in [-0.25, -0.2) is 4.99 Å². The predicted octanol–water partition coefficient (Wildman–Crippen LogP) is 3.38. The number of nitrogens with two attached hydrogens (primary N) is 1. The fourth-order valence-corrected chi connectivity index (χ4v) is 2.80. The number of fused-ring (bicyclic) bond motifs is 1. The Morgan fingerprint density at radius 2 is 1.92 bits per heavy atom. The van der Waals surface area contributed by atoms with Gasteiger partial charge in [0.15, 0.2) is 5.96 Å². The summed E-state index contributed by atoms with van der Waals surface area (Å²) in [5.41, 5.74) is 9.46. The van der Waals surface area contributed by atoms with Crippen LogP contribution in [0, 0.1) is 0 Å². The Bertz CT molecular complexity index is 704. The average Bonchev–Trinajstić information content (AvgIpc) is 2.62. The zero-order valence-electron chi connectivity index (χ0n) is 14.3. The number of benzene rings is 2. The van der Waals surface area contributed by atoms with Crippen LogP contribution < -0.4 is 15.8 Å². The summed E-state index contributed by atoms with van der Waals surface area (Å²) >= 11 is 0. The molecule has 1 aliphatic heterocycles. The molecule has 3 N–H and O–H groups in total. The van der Waals surface area contributed by atoms with Gasteiger partial charge in [0.2, 0.25) is 0 Å². The number of methoxy groups -OCH3 is 1. The maximum Gasteiger partial charge on any atom is 0.189 e. The standard InChI is InChI=1S/C19H23N3O2.HI/c1-23-13-15-8-6-14(7-9-15)12-21-19(20)22-17-10-11-24-18-5-3-2-4-16(17)18;/h2-9,17H,10-13H2,1H3,(H3,20,21,22);1H. The molecule has 0 saturated carbocycles. The van der Waals surface area contributed by atoms with Crippen LogP contribution in [0.3, 0.4) is 0 Å². The summed E-state index contributed by atoms with van der Waals surface area (Å²) in [6.45, 7) is 1.86. The zero-order valence-corrected chi connectivity index (χ0v) is 16.6. The number of hydrogen-bond acceptors (Lipinski definition) is 3. The number of nitrogens with one attached hydrogen (secondary N) is 1. The summed E-state index contributed by atoms with van der Waals surface area (Å²) in [5.74, 6) is 1.38. The zero-order chi connectivity index (χ0) is 16.8. The number of para-hydroxylation sites is 1. The fraction of sp³-hybridized carbons (Fsp3) is 0.316. The highest BCUT2D eigenvalue weighted by Gasteiger charge is 2.21. The number of halogens is 1. The predicted molar refractivity (Wildman–Crippen MR) is 110 cm³/mol. The van der Waals surface area contributed by atoms with Crippen molar-refractivity contribution >= 4 is 29.9 Å². The third-order valence-corrected chi connectivity index (χ3v) is 4.05. The number of guanidine groups is 1. The summed E-state index contributed by atoms with van der Waals surface area (Å²) in [6.07, 6.45) is 0.874. The molecule has 1 heterocycles. The van der Waals surface area contributed by atoms with Crippen LogP contribution in [0.4, 0.5) is 0 Å². The van der Waals surface area contributed by atoms with Gasteiger partial charge in [-0.2, -0.15) is 0 Å². The van der Waals surface area contributed by atoms with Crippen LogP contribution in [0.5, 0.6) is 5.75 Å². The van der Waals surface area contributed by atoms with Gasteiger partial charge in [0.05, 0.1) is 25.8 Å². The van der Waals surface area contributed by atoms with Gasteiger partial charge >= 0.3 is 0 Å². The van der Waals surface area contributed by atoms with E-state index in [0.717, 1.165) is 28.9 Å². The van der Waals surface area contributed by atoms with Gasteiger partial charge in [-0.05, 0) is 17.2 Å². The van der Waals surface area contributed by atoms with Crippen molar-refractivity contribution in [3.05, 3.63) is 65.2 Å². The smallest absolute Gasteiger partial charge is 0.189 e. The van der Waals surface area contributed by atoms with Crippen molar-refractivity contribution in [1.29, 1.82) is 0 Å². The molecule has 1 unspecified atom stereocenters. The summed E-state index contributed by atoms with van der Waals surface area (Å²) in [4.78, 5) is 4.45. The van der Waals surface area contributed by atoms with E-state index >= 15 is 0 Å². The maximum atomic E-state index is 6.07. The quantitative estimate of drug-likeness (QED) is 0.414. The molecular weight excluding hydrogens is 429 g/mol. The first-order chi connectivity index (χ1) is 11.8. The Morgan fingerprint density at radius 3 is 2.68 bits per heavy atom. The van der Waals surface area contributed by atoms with Crippen molar-refractivity contribution in [3.63, 3.8) is 0 Å². The van der Waals surface area contributed by atoms with Crippen LogP contribution in [0.1, 0.15) is 29.2 Å². The van der Waals surface area contributed by atoms with Crippen molar-refractivity contribution in [2.45, 2.75) is 25.6 Å². The first kappa shape index (κ1) is 19.5. The molecule has 0 spiro atoms. The minimum atomic E-state index is 0. The van der Waals surface area contributed by atoms with Gasteiger partial charge in [0.25, 0.3) is 0 Å². The normalized spacial score (nSPS) is 16.4. The van der Waals surface area contributed by atoms with Crippen LogP contribution >= 0.6 is 24.0 Å². The van der Waals surface area contributed by atoms with E-state index < -0.39 is 0 Å². The Balaban J connectivity index is 0.00000225. The molecule has 0 saturated heterocycles. The number of hydrogen-bond donors (Lipinski definition) is 2. The molecule has 0 radical (unpaired) electrons. The third-order valence-electron chi connectivity index (χ3n) is 4.05. The largest absolute Gasteiger partial charge is 0.493 e. The van der Waals surface area contributed by atoms with Crippen molar-refractivity contribution in [2.75, 3.05) is 13.7 Å². The minimum Gasteiger partial charge on any atom is -0.493 e. The lowest BCUT2D eigenvalue weighted by molar-refractivity contribution is 0.185. The number of aliphatic imine (C=N–C) groups is 1. The monoisotopic (exact) mass is 453 g/mol. The van der Waals surface area contributed by atoms with Crippen LogP contribution in [-0.2, 0) is 17.9 Å². The molecule has 134 valence electrons. The van der Waals surface area contributed by atoms with E-state index in [1.807, 2.05) is 30.3 Å². The van der Waals surface area contributed by atoms with Crippen LogP contribution in [0.15, 0.2) is 53.5 Å². The highest BCUT2D eigenvalue weighted by Crippen LogP contribution is 2.31. The average molecular weight is 453 g/mol. The molecule has 1 atom stereocenters. The topological polar surface area (TPSA) is 68.9 Å². The number of rotatable bonds is 5. The Kier molecular flexibility index (Phi) is 7.52.